The normalized spacial score (nSPS) is 15.6. The maximum Gasteiger partial charge on any atom is 0.255 e. The number of aryl methyl sites for hydroxylation is 1. The molecule has 2 heterocycles. The Labute approximate surface area is 213 Å². The number of anilines is 2. The number of nitrogens with one attached hydrogen (secondary N) is 2. The second kappa shape index (κ2) is 8.75. The second-order valence-corrected chi connectivity index (χ2v) is 9.68. The molecule has 2 aliphatic carbocycles. The Bertz CT molecular complexity index is 1590. The zero-order chi connectivity index (χ0) is 25.6. The summed E-state index contributed by atoms with van der Waals surface area (Å²) in [7, 11) is 0. The van der Waals surface area contributed by atoms with Gasteiger partial charge in [-0.05, 0) is 68.0 Å². The predicted octanol–water partition coefficient (Wildman–Crippen LogP) is 4.99. The molecular weight excluding hydrogens is 468 g/mol. The van der Waals surface area contributed by atoms with Gasteiger partial charge in [0.2, 0.25) is 11.8 Å². The molecule has 2 aromatic carbocycles. The van der Waals surface area contributed by atoms with Crippen LogP contribution >= 0.6 is 0 Å². The third-order valence-corrected chi connectivity index (χ3v) is 6.80. The van der Waals surface area contributed by atoms with Gasteiger partial charge in [-0.3, -0.25) is 9.59 Å². The highest BCUT2D eigenvalue weighted by Crippen LogP contribution is 2.47. The SMILES string of the molecule is Cc1ccc(NC(=O)c2cccc(C3(C#N)CC3)c2)cc1Oc1ccc2nc(NC(=O)C3CC3)cn2n1. The fourth-order valence-electron chi connectivity index (χ4n) is 4.20. The van der Waals surface area contributed by atoms with E-state index < -0.39 is 5.41 Å². The summed E-state index contributed by atoms with van der Waals surface area (Å²) in [5.74, 6) is 1.15. The number of carbonyl (C=O) groups is 2. The van der Waals surface area contributed by atoms with E-state index >= 15 is 0 Å². The van der Waals surface area contributed by atoms with Crippen LogP contribution in [0.15, 0.2) is 60.8 Å². The Balaban J connectivity index is 1.18. The zero-order valence-corrected chi connectivity index (χ0v) is 20.2. The lowest BCUT2D eigenvalue weighted by Crippen LogP contribution is -2.13. The average molecular weight is 493 g/mol. The van der Waals surface area contributed by atoms with Crippen LogP contribution in [0.3, 0.4) is 0 Å². The smallest absolute Gasteiger partial charge is 0.255 e. The number of imidazole rings is 1. The maximum absolute atomic E-state index is 12.9. The topological polar surface area (TPSA) is 121 Å². The Hall–Kier alpha value is -4.71. The summed E-state index contributed by atoms with van der Waals surface area (Å²) in [6.07, 6.45) is 5.13. The van der Waals surface area contributed by atoms with Crippen LogP contribution in [0.5, 0.6) is 11.6 Å². The molecule has 0 spiro atoms. The van der Waals surface area contributed by atoms with E-state index in [0.29, 0.717) is 34.3 Å². The Morgan fingerprint density at radius 1 is 1.11 bits per heavy atom. The molecule has 2 aliphatic rings. The van der Waals surface area contributed by atoms with Crippen molar-refractivity contribution in [3.05, 3.63) is 77.5 Å². The first-order chi connectivity index (χ1) is 17.9. The number of nitriles is 1. The Kier molecular flexibility index (Phi) is 5.37. The lowest BCUT2D eigenvalue weighted by molar-refractivity contribution is -0.117. The molecule has 37 heavy (non-hydrogen) atoms. The molecule has 9 heteroatoms. The van der Waals surface area contributed by atoms with E-state index in [1.54, 1.807) is 41.0 Å². The van der Waals surface area contributed by atoms with Crippen molar-refractivity contribution in [2.75, 3.05) is 10.6 Å². The summed E-state index contributed by atoms with van der Waals surface area (Å²) in [4.78, 5) is 29.3. The van der Waals surface area contributed by atoms with Gasteiger partial charge in [-0.15, -0.1) is 5.10 Å². The van der Waals surface area contributed by atoms with Crippen LogP contribution < -0.4 is 15.4 Å². The van der Waals surface area contributed by atoms with Gasteiger partial charge < -0.3 is 15.4 Å². The van der Waals surface area contributed by atoms with Crippen LogP contribution in [-0.2, 0) is 10.2 Å². The van der Waals surface area contributed by atoms with Crippen molar-refractivity contribution in [2.45, 2.75) is 38.0 Å². The molecule has 0 radical (unpaired) electrons. The molecule has 6 rings (SSSR count). The fourth-order valence-corrected chi connectivity index (χ4v) is 4.20. The number of amides is 2. The summed E-state index contributed by atoms with van der Waals surface area (Å²) in [6.45, 7) is 1.91. The monoisotopic (exact) mass is 492 g/mol. The van der Waals surface area contributed by atoms with E-state index in [9.17, 15) is 14.9 Å². The molecular formula is C28H24N6O3. The van der Waals surface area contributed by atoms with Gasteiger partial charge >= 0.3 is 0 Å². The third kappa shape index (κ3) is 4.61. The number of nitrogens with zero attached hydrogens (tertiary/aromatic N) is 4. The minimum atomic E-state index is -0.450. The van der Waals surface area contributed by atoms with Gasteiger partial charge in [-0.1, -0.05) is 18.2 Å². The maximum atomic E-state index is 12.9. The van der Waals surface area contributed by atoms with E-state index in [1.165, 1.54) is 0 Å². The summed E-state index contributed by atoms with van der Waals surface area (Å²) >= 11 is 0. The number of rotatable bonds is 7. The van der Waals surface area contributed by atoms with Crippen molar-refractivity contribution in [3.8, 4) is 17.7 Å². The molecule has 0 unspecified atom stereocenters. The first kappa shape index (κ1) is 22.7. The number of ether oxygens (including phenoxy) is 1. The number of carbonyl (C=O) groups excluding carboxylic acids is 2. The zero-order valence-electron chi connectivity index (χ0n) is 20.2. The second-order valence-electron chi connectivity index (χ2n) is 9.68. The lowest BCUT2D eigenvalue weighted by Gasteiger charge is -2.12. The van der Waals surface area contributed by atoms with Gasteiger partial charge in [-0.2, -0.15) is 5.26 Å². The number of hydrogen-bond donors (Lipinski definition) is 2. The van der Waals surface area contributed by atoms with Crippen LogP contribution in [0.1, 0.15) is 47.2 Å². The van der Waals surface area contributed by atoms with E-state index in [-0.39, 0.29) is 17.7 Å². The molecule has 184 valence electrons. The van der Waals surface area contributed by atoms with Gasteiger partial charge in [0.05, 0.1) is 17.7 Å². The number of fused-ring (bicyclic) bond motifs is 1. The highest BCUT2D eigenvalue weighted by Gasteiger charge is 2.45. The van der Waals surface area contributed by atoms with Gasteiger partial charge in [0.1, 0.15) is 5.75 Å². The van der Waals surface area contributed by atoms with Crippen LogP contribution in [0.4, 0.5) is 11.5 Å². The summed E-state index contributed by atoms with van der Waals surface area (Å²) in [5.41, 5.74) is 2.96. The van der Waals surface area contributed by atoms with Crippen LogP contribution in [0.25, 0.3) is 5.65 Å². The van der Waals surface area contributed by atoms with Gasteiger partial charge in [0.15, 0.2) is 11.5 Å². The highest BCUT2D eigenvalue weighted by molar-refractivity contribution is 6.04. The summed E-state index contributed by atoms with van der Waals surface area (Å²) in [6, 6.07) is 18.5. The number of benzene rings is 2. The van der Waals surface area contributed by atoms with E-state index in [1.807, 2.05) is 31.2 Å². The Morgan fingerprint density at radius 3 is 2.70 bits per heavy atom. The molecule has 2 saturated carbocycles. The standard InChI is InChI=1S/C28H24N6O3/c1-17-5-8-21(30-27(36)19-3-2-4-20(13-19)28(16-29)11-12-28)14-22(17)37-25-10-9-24-31-23(15-34(24)33-25)32-26(35)18-6-7-18/h2-5,8-10,13-15,18H,6-7,11-12H2,1H3,(H,30,36)(H,32,35). The quantitative estimate of drug-likeness (QED) is 0.375. The first-order valence-corrected chi connectivity index (χ1v) is 12.2. The molecule has 0 aliphatic heterocycles. The molecule has 2 aromatic heterocycles. The van der Waals surface area contributed by atoms with Crippen molar-refractivity contribution in [1.82, 2.24) is 14.6 Å². The number of aromatic nitrogens is 3. The summed E-state index contributed by atoms with van der Waals surface area (Å²) < 4.78 is 7.59. The van der Waals surface area contributed by atoms with Gasteiger partial charge in [0, 0.05) is 29.3 Å². The van der Waals surface area contributed by atoms with Crippen molar-refractivity contribution >= 4 is 29.0 Å². The highest BCUT2D eigenvalue weighted by atomic mass is 16.5. The third-order valence-electron chi connectivity index (χ3n) is 6.80. The molecule has 9 nitrogen and oxygen atoms in total. The molecule has 4 aromatic rings. The van der Waals surface area contributed by atoms with Gasteiger partial charge in [0.25, 0.3) is 5.91 Å². The van der Waals surface area contributed by atoms with E-state index in [0.717, 1.165) is 36.8 Å². The molecule has 2 fully saturated rings. The van der Waals surface area contributed by atoms with Crippen molar-refractivity contribution in [2.24, 2.45) is 5.92 Å². The number of hydrogen-bond acceptors (Lipinski definition) is 6. The van der Waals surface area contributed by atoms with Crippen LogP contribution in [-0.4, -0.2) is 26.4 Å². The van der Waals surface area contributed by atoms with Crippen LogP contribution in [0.2, 0.25) is 0 Å². The molecule has 0 bridgehead atoms. The minimum absolute atomic E-state index is 0.0156. The van der Waals surface area contributed by atoms with E-state index in [4.69, 9.17) is 4.74 Å². The van der Waals surface area contributed by atoms with Crippen molar-refractivity contribution in [3.63, 3.8) is 0 Å². The van der Waals surface area contributed by atoms with Crippen molar-refractivity contribution in [1.29, 1.82) is 5.26 Å². The molecule has 2 N–H and O–H groups in total. The van der Waals surface area contributed by atoms with E-state index in [2.05, 4.69) is 26.8 Å². The van der Waals surface area contributed by atoms with Crippen molar-refractivity contribution < 1.29 is 14.3 Å². The minimum Gasteiger partial charge on any atom is -0.437 e. The average Bonchev–Trinajstić information content (AvgIpc) is 3.83. The molecule has 0 atom stereocenters. The van der Waals surface area contributed by atoms with Gasteiger partial charge in [-0.25, -0.2) is 9.50 Å². The molecule has 2 amide bonds. The Morgan fingerprint density at radius 2 is 1.95 bits per heavy atom. The summed E-state index contributed by atoms with van der Waals surface area (Å²) in [5, 5.41) is 19.7. The predicted molar refractivity (Wildman–Crippen MR) is 137 cm³/mol. The van der Waals surface area contributed by atoms with Crippen LogP contribution in [0, 0.1) is 24.2 Å². The lowest BCUT2D eigenvalue weighted by atomic mass is 9.96. The fraction of sp³-hybridized carbons (Fsp3) is 0.250. The first-order valence-electron chi connectivity index (χ1n) is 12.2. The largest absolute Gasteiger partial charge is 0.437 e. The molecule has 0 saturated heterocycles.